The second-order valence-electron chi connectivity index (χ2n) is 6.67. The predicted octanol–water partition coefficient (Wildman–Crippen LogP) is 3.05. The van der Waals surface area contributed by atoms with Crippen molar-refractivity contribution in [2.75, 3.05) is 6.61 Å². The van der Waals surface area contributed by atoms with Gasteiger partial charge in [-0.2, -0.15) is 13.2 Å². The Bertz CT molecular complexity index is 916. The molecule has 1 amide bonds. The zero-order valence-electron chi connectivity index (χ0n) is 16.4. The van der Waals surface area contributed by atoms with Gasteiger partial charge in [0.1, 0.15) is 11.6 Å². The zero-order valence-corrected chi connectivity index (χ0v) is 16.4. The summed E-state index contributed by atoms with van der Waals surface area (Å²) < 4.78 is 41.4. The van der Waals surface area contributed by atoms with Crippen LogP contribution in [0.1, 0.15) is 53.0 Å². The fourth-order valence-electron chi connectivity index (χ4n) is 2.52. The largest absolute Gasteiger partial charge is 0.468 e. The number of nitrogens with zero attached hydrogens (tertiary/aromatic N) is 3. The van der Waals surface area contributed by atoms with Crippen molar-refractivity contribution in [1.29, 1.82) is 0 Å². The van der Waals surface area contributed by atoms with Crippen LogP contribution in [-0.2, 0) is 11.2 Å². The van der Waals surface area contributed by atoms with Crippen molar-refractivity contribution in [3.8, 4) is 5.88 Å². The molecule has 0 saturated carbocycles. The Kier molecular flexibility index (Phi) is 6.89. The molecule has 0 aromatic carbocycles. The first kappa shape index (κ1) is 22.3. The highest BCUT2D eigenvalue weighted by molar-refractivity contribution is 5.94. The number of ketones is 1. The minimum atomic E-state index is -4.48. The van der Waals surface area contributed by atoms with Crippen molar-refractivity contribution in [2.45, 2.75) is 46.3 Å². The number of aryl methyl sites for hydroxylation is 2. The molecule has 2 rings (SSSR count). The van der Waals surface area contributed by atoms with Crippen LogP contribution >= 0.6 is 0 Å². The summed E-state index contributed by atoms with van der Waals surface area (Å²) in [5.41, 5.74) is 1.67. The highest BCUT2D eigenvalue weighted by Gasteiger charge is 2.29. The predicted molar refractivity (Wildman–Crippen MR) is 97.6 cm³/mol. The van der Waals surface area contributed by atoms with E-state index in [2.05, 4.69) is 25.0 Å². The Hall–Kier alpha value is -3.04. The fraction of sp³-hybridized carbons (Fsp3) is 0.421. The molecular formula is C19H21F3N4O3. The van der Waals surface area contributed by atoms with Crippen LogP contribution in [0, 0.1) is 13.8 Å². The summed E-state index contributed by atoms with van der Waals surface area (Å²) in [6, 6.07) is 2.61. The number of Topliss-reactive ketones (excluding diaryl/α,β-unsaturated/α-hetero) is 1. The van der Waals surface area contributed by atoms with E-state index < -0.39 is 24.7 Å². The Balaban J connectivity index is 2.10. The molecule has 0 fully saturated rings. The van der Waals surface area contributed by atoms with Crippen LogP contribution in [0.25, 0.3) is 0 Å². The van der Waals surface area contributed by atoms with E-state index in [0.29, 0.717) is 22.8 Å². The van der Waals surface area contributed by atoms with Crippen LogP contribution in [-0.4, -0.2) is 39.4 Å². The molecule has 0 radical (unpaired) electrons. The summed E-state index contributed by atoms with van der Waals surface area (Å²) in [6.07, 6.45) is -3.23. The van der Waals surface area contributed by atoms with Crippen molar-refractivity contribution >= 4 is 11.7 Å². The Morgan fingerprint density at radius 3 is 2.48 bits per heavy atom. The first-order valence-electron chi connectivity index (χ1n) is 8.75. The monoisotopic (exact) mass is 410 g/mol. The molecule has 156 valence electrons. The summed E-state index contributed by atoms with van der Waals surface area (Å²) in [5.74, 6) is -0.364. The van der Waals surface area contributed by atoms with Crippen LogP contribution in [0.15, 0.2) is 18.3 Å². The third-order valence-electron chi connectivity index (χ3n) is 3.78. The third kappa shape index (κ3) is 6.81. The van der Waals surface area contributed by atoms with Gasteiger partial charge in [-0.1, -0.05) is 0 Å². The first-order valence-corrected chi connectivity index (χ1v) is 8.75. The molecular weight excluding hydrogens is 389 g/mol. The molecule has 29 heavy (non-hydrogen) atoms. The van der Waals surface area contributed by atoms with Gasteiger partial charge in [0.2, 0.25) is 5.88 Å². The SMILES string of the molecule is CC(=O)Cc1nc(C)cc(C(C)NC(=O)c2cnc(OCC(F)(F)F)c(C)c2)n1. The van der Waals surface area contributed by atoms with Gasteiger partial charge in [0.15, 0.2) is 6.61 Å². The van der Waals surface area contributed by atoms with Crippen LogP contribution in [0.3, 0.4) is 0 Å². The summed E-state index contributed by atoms with van der Waals surface area (Å²) >= 11 is 0. The molecule has 2 aromatic heterocycles. The van der Waals surface area contributed by atoms with E-state index in [1.165, 1.54) is 19.9 Å². The Labute approximate surface area is 165 Å². The van der Waals surface area contributed by atoms with Gasteiger partial charge in [0, 0.05) is 17.5 Å². The smallest absolute Gasteiger partial charge is 0.422 e. The molecule has 2 aromatic rings. The lowest BCUT2D eigenvalue weighted by atomic mass is 10.1. The molecule has 0 aliphatic heterocycles. The van der Waals surface area contributed by atoms with Crippen LogP contribution in [0.5, 0.6) is 5.88 Å². The van der Waals surface area contributed by atoms with Crippen LogP contribution in [0.4, 0.5) is 13.2 Å². The van der Waals surface area contributed by atoms with E-state index in [0.717, 1.165) is 6.20 Å². The Morgan fingerprint density at radius 2 is 1.90 bits per heavy atom. The third-order valence-corrected chi connectivity index (χ3v) is 3.78. The maximum Gasteiger partial charge on any atom is 0.422 e. The molecule has 1 atom stereocenters. The van der Waals surface area contributed by atoms with Gasteiger partial charge in [0.05, 0.1) is 23.7 Å². The van der Waals surface area contributed by atoms with Crippen molar-refractivity contribution in [3.63, 3.8) is 0 Å². The zero-order chi connectivity index (χ0) is 21.8. The normalized spacial score (nSPS) is 12.4. The molecule has 7 nitrogen and oxygen atoms in total. The summed E-state index contributed by atoms with van der Waals surface area (Å²) in [4.78, 5) is 36.1. The lowest BCUT2D eigenvalue weighted by molar-refractivity contribution is -0.154. The number of aromatic nitrogens is 3. The van der Waals surface area contributed by atoms with E-state index in [9.17, 15) is 22.8 Å². The fourth-order valence-corrected chi connectivity index (χ4v) is 2.52. The van der Waals surface area contributed by atoms with Crippen LogP contribution in [0.2, 0.25) is 0 Å². The van der Waals surface area contributed by atoms with Crippen molar-refractivity contribution < 1.29 is 27.5 Å². The average molecular weight is 410 g/mol. The van der Waals surface area contributed by atoms with Gasteiger partial charge in [-0.05, 0) is 39.8 Å². The number of ether oxygens (including phenoxy) is 1. The van der Waals surface area contributed by atoms with Gasteiger partial charge < -0.3 is 10.1 Å². The van der Waals surface area contributed by atoms with Crippen LogP contribution < -0.4 is 10.1 Å². The molecule has 1 N–H and O–H groups in total. The Morgan fingerprint density at radius 1 is 1.21 bits per heavy atom. The highest BCUT2D eigenvalue weighted by atomic mass is 19.4. The topological polar surface area (TPSA) is 94.1 Å². The van der Waals surface area contributed by atoms with E-state index in [-0.39, 0.29) is 23.6 Å². The number of nitrogens with one attached hydrogen (secondary N) is 1. The summed E-state index contributed by atoms with van der Waals surface area (Å²) in [7, 11) is 0. The van der Waals surface area contributed by atoms with E-state index in [1.54, 1.807) is 19.9 Å². The maximum atomic E-state index is 12.5. The van der Waals surface area contributed by atoms with Gasteiger partial charge in [-0.15, -0.1) is 0 Å². The summed E-state index contributed by atoms with van der Waals surface area (Å²) in [5, 5.41) is 2.75. The highest BCUT2D eigenvalue weighted by Crippen LogP contribution is 2.21. The number of alkyl halides is 3. The van der Waals surface area contributed by atoms with E-state index >= 15 is 0 Å². The van der Waals surface area contributed by atoms with E-state index in [4.69, 9.17) is 0 Å². The number of carbonyl (C=O) groups excluding carboxylic acids is 2. The van der Waals surface area contributed by atoms with Crippen molar-refractivity contribution in [1.82, 2.24) is 20.3 Å². The van der Waals surface area contributed by atoms with Crippen molar-refractivity contribution in [3.05, 3.63) is 46.7 Å². The number of hydrogen-bond acceptors (Lipinski definition) is 6. The van der Waals surface area contributed by atoms with Gasteiger partial charge in [-0.25, -0.2) is 15.0 Å². The first-order chi connectivity index (χ1) is 13.4. The molecule has 0 spiro atoms. The minimum absolute atomic E-state index is 0.0763. The molecule has 0 aliphatic rings. The van der Waals surface area contributed by atoms with Gasteiger partial charge >= 0.3 is 6.18 Å². The average Bonchev–Trinajstić information content (AvgIpc) is 2.58. The number of halogens is 3. The molecule has 1 unspecified atom stereocenters. The molecule has 0 saturated heterocycles. The van der Waals surface area contributed by atoms with Gasteiger partial charge in [0.25, 0.3) is 5.91 Å². The quantitative estimate of drug-likeness (QED) is 0.754. The maximum absolute atomic E-state index is 12.5. The number of amides is 1. The number of pyridine rings is 1. The number of hydrogen-bond donors (Lipinski definition) is 1. The molecule has 0 bridgehead atoms. The molecule has 10 heteroatoms. The van der Waals surface area contributed by atoms with E-state index in [1.807, 2.05) is 0 Å². The van der Waals surface area contributed by atoms with Gasteiger partial charge in [-0.3, -0.25) is 9.59 Å². The lowest BCUT2D eigenvalue weighted by Gasteiger charge is -2.16. The summed E-state index contributed by atoms with van der Waals surface area (Å²) in [6.45, 7) is 4.96. The second-order valence-corrected chi connectivity index (χ2v) is 6.67. The number of rotatable bonds is 7. The molecule has 2 heterocycles. The second kappa shape index (κ2) is 8.97. The molecule has 0 aliphatic carbocycles. The standard InChI is InChI=1S/C19H21F3N4O3/c1-10-5-14(8-23-18(10)29-9-19(20,21)22)17(28)25-13(4)15-6-11(2)24-16(26-15)7-12(3)27/h5-6,8,13H,7,9H2,1-4H3,(H,25,28). The minimum Gasteiger partial charge on any atom is -0.468 e. The van der Waals surface area contributed by atoms with Crippen molar-refractivity contribution in [2.24, 2.45) is 0 Å². The lowest BCUT2D eigenvalue weighted by Crippen LogP contribution is -2.28. The number of carbonyl (C=O) groups is 2.